The molecule has 3 aromatic rings. The van der Waals surface area contributed by atoms with Crippen molar-refractivity contribution in [2.75, 3.05) is 0 Å². The Hall–Kier alpha value is -3.09. The van der Waals surface area contributed by atoms with Crippen LogP contribution in [0.1, 0.15) is 21.6 Å². The zero-order valence-corrected chi connectivity index (χ0v) is 13.0. The van der Waals surface area contributed by atoms with E-state index in [1.807, 2.05) is 30.3 Å². The van der Waals surface area contributed by atoms with Crippen LogP contribution in [0, 0.1) is 0 Å². The molecule has 0 aliphatic carbocycles. The van der Waals surface area contributed by atoms with Crippen molar-refractivity contribution in [3.63, 3.8) is 0 Å². The molecule has 7 heteroatoms. The highest BCUT2D eigenvalue weighted by atomic mass is 19.4. The Bertz CT molecular complexity index is 873. The molecule has 0 atom stereocenters. The fourth-order valence-electron chi connectivity index (χ4n) is 2.33. The molecule has 0 radical (unpaired) electrons. The molecule has 0 spiro atoms. The number of hydrogen-bond donors (Lipinski definition) is 2. The second-order valence-electron chi connectivity index (χ2n) is 5.41. The van der Waals surface area contributed by atoms with E-state index in [4.69, 9.17) is 0 Å². The van der Waals surface area contributed by atoms with Crippen LogP contribution in [-0.2, 0) is 12.7 Å². The van der Waals surface area contributed by atoms with Gasteiger partial charge in [0.15, 0.2) is 0 Å². The van der Waals surface area contributed by atoms with Crippen molar-refractivity contribution in [2.45, 2.75) is 12.7 Å². The van der Waals surface area contributed by atoms with E-state index in [1.165, 1.54) is 12.1 Å². The van der Waals surface area contributed by atoms with Crippen molar-refractivity contribution in [1.82, 2.24) is 15.5 Å². The molecule has 4 nitrogen and oxygen atoms in total. The topological polar surface area (TPSA) is 57.8 Å². The van der Waals surface area contributed by atoms with Crippen LogP contribution in [-0.4, -0.2) is 16.1 Å². The van der Waals surface area contributed by atoms with E-state index in [1.54, 1.807) is 6.07 Å². The summed E-state index contributed by atoms with van der Waals surface area (Å²) >= 11 is 0. The Morgan fingerprint density at radius 2 is 1.80 bits per heavy atom. The second-order valence-corrected chi connectivity index (χ2v) is 5.41. The van der Waals surface area contributed by atoms with Gasteiger partial charge in [0, 0.05) is 12.1 Å². The predicted molar refractivity (Wildman–Crippen MR) is 86.6 cm³/mol. The molecule has 0 aliphatic rings. The van der Waals surface area contributed by atoms with Crippen molar-refractivity contribution >= 4 is 5.91 Å². The maximum absolute atomic E-state index is 12.7. The summed E-state index contributed by atoms with van der Waals surface area (Å²) in [5.74, 6) is -0.438. The quantitative estimate of drug-likeness (QED) is 0.750. The lowest BCUT2D eigenvalue weighted by Crippen LogP contribution is -2.23. The summed E-state index contributed by atoms with van der Waals surface area (Å²) in [6, 6.07) is 15.8. The first-order valence-corrected chi connectivity index (χ1v) is 7.48. The van der Waals surface area contributed by atoms with Gasteiger partial charge in [-0.2, -0.15) is 18.3 Å². The van der Waals surface area contributed by atoms with Crippen LogP contribution in [0.15, 0.2) is 60.7 Å². The Morgan fingerprint density at radius 1 is 1.04 bits per heavy atom. The number of rotatable bonds is 4. The minimum Gasteiger partial charge on any atom is -0.347 e. The number of hydrogen-bond acceptors (Lipinski definition) is 2. The van der Waals surface area contributed by atoms with E-state index in [9.17, 15) is 18.0 Å². The first-order chi connectivity index (χ1) is 11.9. The fraction of sp³-hybridized carbons (Fsp3) is 0.111. The summed E-state index contributed by atoms with van der Waals surface area (Å²) < 4.78 is 38.1. The zero-order valence-electron chi connectivity index (χ0n) is 13.0. The summed E-state index contributed by atoms with van der Waals surface area (Å²) in [6.07, 6.45) is -4.41. The number of amides is 1. The number of carbonyl (C=O) groups excluding carboxylic acids is 1. The standard InChI is InChI=1S/C18H14F3N3O/c19-18(20,21)14-8-4-5-12(9-14)11-22-17(25)16-10-15(23-24-16)13-6-2-1-3-7-13/h1-10H,11H2,(H,22,25)(H,23,24). The molecule has 0 unspecified atom stereocenters. The number of nitrogens with zero attached hydrogens (tertiary/aromatic N) is 1. The maximum atomic E-state index is 12.7. The van der Waals surface area contributed by atoms with Crippen LogP contribution in [0.3, 0.4) is 0 Å². The van der Waals surface area contributed by atoms with Gasteiger partial charge in [-0.15, -0.1) is 0 Å². The number of nitrogens with one attached hydrogen (secondary N) is 2. The van der Waals surface area contributed by atoms with Gasteiger partial charge in [0.25, 0.3) is 5.91 Å². The van der Waals surface area contributed by atoms with E-state index in [-0.39, 0.29) is 12.2 Å². The molecular formula is C18H14F3N3O. The van der Waals surface area contributed by atoms with Crippen LogP contribution < -0.4 is 5.32 Å². The molecule has 0 saturated carbocycles. The monoisotopic (exact) mass is 345 g/mol. The molecule has 0 bridgehead atoms. The highest BCUT2D eigenvalue weighted by Gasteiger charge is 2.30. The van der Waals surface area contributed by atoms with Crippen molar-refractivity contribution in [1.29, 1.82) is 0 Å². The molecule has 128 valence electrons. The number of aromatic amines is 1. The lowest BCUT2D eigenvalue weighted by Gasteiger charge is -2.09. The highest BCUT2D eigenvalue weighted by molar-refractivity contribution is 5.93. The fourth-order valence-corrected chi connectivity index (χ4v) is 2.33. The molecule has 0 aliphatic heterocycles. The first kappa shape index (κ1) is 16.8. The normalized spacial score (nSPS) is 11.3. The van der Waals surface area contributed by atoms with Crippen LogP contribution in [0.2, 0.25) is 0 Å². The molecule has 0 saturated heterocycles. The molecule has 1 amide bonds. The zero-order chi connectivity index (χ0) is 17.9. The molecule has 2 N–H and O–H groups in total. The minimum atomic E-state index is -4.41. The summed E-state index contributed by atoms with van der Waals surface area (Å²) in [6.45, 7) is -0.0115. The van der Waals surface area contributed by atoms with Crippen molar-refractivity contribution in [2.24, 2.45) is 0 Å². The Balaban J connectivity index is 1.67. The average molecular weight is 345 g/mol. The lowest BCUT2D eigenvalue weighted by molar-refractivity contribution is -0.137. The minimum absolute atomic E-state index is 0.0115. The SMILES string of the molecule is O=C(NCc1cccc(C(F)(F)F)c1)c1cc(-c2ccccc2)n[nH]1. The van der Waals surface area contributed by atoms with Crippen LogP contribution in [0.5, 0.6) is 0 Å². The Labute approximate surface area is 141 Å². The second kappa shape index (κ2) is 6.80. The number of halogens is 3. The maximum Gasteiger partial charge on any atom is 0.416 e. The smallest absolute Gasteiger partial charge is 0.347 e. The van der Waals surface area contributed by atoms with Crippen molar-refractivity contribution in [3.8, 4) is 11.3 Å². The van der Waals surface area contributed by atoms with Gasteiger partial charge >= 0.3 is 6.18 Å². The summed E-state index contributed by atoms with van der Waals surface area (Å²) in [5, 5.41) is 9.29. The number of benzene rings is 2. The van der Waals surface area contributed by atoms with Crippen LogP contribution in [0.25, 0.3) is 11.3 Å². The highest BCUT2D eigenvalue weighted by Crippen LogP contribution is 2.29. The van der Waals surface area contributed by atoms with E-state index in [2.05, 4.69) is 15.5 Å². The third-order valence-corrected chi connectivity index (χ3v) is 3.60. The van der Waals surface area contributed by atoms with Gasteiger partial charge in [0.2, 0.25) is 0 Å². The van der Waals surface area contributed by atoms with E-state index >= 15 is 0 Å². The van der Waals surface area contributed by atoms with Crippen molar-refractivity contribution < 1.29 is 18.0 Å². The van der Waals surface area contributed by atoms with Gasteiger partial charge < -0.3 is 5.32 Å². The van der Waals surface area contributed by atoms with Gasteiger partial charge in [0.1, 0.15) is 5.69 Å². The van der Waals surface area contributed by atoms with Gasteiger partial charge in [-0.1, -0.05) is 42.5 Å². The summed E-state index contributed by atoms with van der Waals surface area (Å²) in [4.78, 5) is 12.1. The first-order valence-electron chi connectivity index (χ1n) is 7.48. The number of aromatic nitrogens is 2. The number of alkyl halides is 3. The average Bonchev–Trinajstić information content (AvgIpc) is 3.10. The van der Waals surface area contributed by atoms with Crippen molar-refractivity contribution in [3.05, 3.63) is 77.5 Å². The van der Waals surface area contributed by atoms with E-state index in [0.29, 0.717) is 11.3 Å². The third kappa shape index (κ3) is 4.06. The molecule has 0 fully saturated rings. The summed E-state index contributed by atoms with van der Waals surface area (Å²) in [5.41, 5.74) is 1.34. The molecule has 1 heterocycles. The van der Waals surface area contributed by atoms with Gasteiger partial charge in [-0.25, -0.2) is 0 Å². The number of carbonyl (C=O) groups is 1. The van der Waals surface area contributed by atoms with E-state index in [0.717, 1.165) is 17.7 Å². The molecule has 2 aromatic carbocycles. The Kier molecular flexibility index (Phi) is 4.56. The predicted octanol–water partition coefficient (Wildman–Crippen LogP) is 4.03. The molecule has 25 heavy (non-hydrogen) atoms. The van der Waals surface area contributed by atoms with Gasteiger partial charge in [-0.3, -0.25) is 9.89 Å². The lowest BCUT2D eigenvalue weighted by atomic mass is 10.1. The summed E-state index contributed by atoms with van der Waals surface area (Å²) in [7, 11) is 0. The van der Waals surface area contributed by atoms with Gasteiger partial charge in [0.05, 0.1) is 11.3 Å². The molecule has 1 aromatic heterocycles. The Morgan fingerprint density at radius 3 is 2.52 bits per heavy atom. The van der Waals surface area contributed by atoms with Gasteiger partial charge in [-0.05, 0) is 23.8 Å². The number of H-pyrrole nitrogens is 1. The molecule has 3 rings (SSSR count). The van der Waals surface area contributed by atoms with E-state index < -0.39 is 17.6 Å². The largest absolute Gasteiger partial charge is 0.416 e. The third-order valence-electron chi connectivity index (χ3n) is 3.60. The van der Waals surface area contributed by atoms with Crippen LogP contribution >= 0.6 is 0 Å². The van der Waals surface area contributed by atoms with Crippen LogP contribution in [0.4, 0.5) is 13.2 Å². The molecular weight excluding hydrogens is 331 g/mol.